The largest absolute Gasteiger partial charge is 0.454 e. The number of sulfonamides is 4. The van der Waals surface area contributed by atoms with E-state index in [1.165, 1.54) is 62.2 Å². The molecule has 116 heavy (non-hydrogen) atoms. The number of benzene rings is 4. The normalized spacial score (nSPS) is 18.5. The standard InChI is InChI=1S/4C18H15ClN2O6S2/c4*1-9-5-13-14(26-8-25-13)7-11(9)6-12(22)17-15(3-4-28-17)29(23,24)21-18-16(19)10(2)20-27-18/h4*3-5,7,21H,6,8H2,1-2H3/i1D3,6D2,8D2;1D3,6D2,8D;6D2,8D2;1D3,6D2/hD4. The minimum absolute atomic E-state index is 0.0162. The van der Waals surface area contributed by atoms with E-state index in [1.807, 2.05) is 0 Å². The summed E-state index contributed by atoms with van der Waals surface area (Å²) in [4.78, 5) is 48.5. The Balaban J connectivity index is 0.000000159. The summed E-state index contributed by atoms with van der Waals surface area (Å²) in [7, 11) is -19.1. The molecule has 32 nitrogen and oxygen atoms in total. The van der Waals surface area contributed by atoms with E-state index in [0.29, 0.717) is 45.3 Å². The van der Waals surface area contributed by atoms with Crippen molar-refractivity contribution in [2.24, 2.45) is 0 Å². The van der Waals surface area contributed by atoms with Gasteiger partial charge in [-0.1, -0.05) is 67.0 Å². The third-order valence-electron chi connectivity index (χ3n) is 15.3. The van der Waals surface area contributed by atoms with E-state index in [2.05, 4.69) is 20.6 Å². The van der Waals surface area contributed by atoms with Gasteiger partial charge in [0.15, 0.2) is 74.8 Å². The number of thiophene rings is 4. The maximum atomic E-state index is 13.4. The molecule has 0 aliphatic carbocycles. The Labute approximate surface area is 733 Å². The molecule has 0 fully saturated rings. The van der Waals surface area contributed by atoms with Crippen molar-refractivity contribution < 1.29 is 145 Å². The zero-order valence-corrected chi connectivity index (χ0v) is 67.7. The molecule has 0 saturated heterocycles. The number of aromatic nitrogens is 4. The van der Waals surface area contributed by atoms with Crippen LogP contribution in [0.4, 0.5) is 23.5 Å². The van der Waals surface area contributed by atoms with Crippen LogP contribution < -0.4 is 56.8 Å². The highest BCUT2D eigenvalue weighted by atomic mass is 35.5. The molecule has 0 radical (unpaired) electrons. The number of carbonyl (C=O) groups excluding carboxylic acids is 4. The maximum absolute atomic E-state index is 13.4. The number of ether oxygens (including phenoxy) is 8. The summed E-state index contributed by atoms with van der Waals surface area (Å²) >= 11 is 26.2. The van der Waals surface area contributed by atoms with Crippen LogP contribution in [-0.2, 0) is 65.6 Å². The number of hydrogen-bond donors (Lipinski definition) is 4. The molecule has 1 unspecified atom stereocenters. The zero-order chi connectivity index (χ0) is 106. The number of aryl methyl sites for hydroxylation is 8. The average molecular weight is 1850 g/mol. The predicted molar refractivity (Wildman–Crippen MR) is 427 cm³/mol. The van der Waals surface area contributed by atoms with Crippen LogP contribution in [0.5, 0.6) is 46.0 Å². The topological polar surface area (TPSA) is 431 Å². The lowest BCUT2D eigenvalue weighted by Crippen LogP contribution is -2.16. The van der Waals surface area contributed by atoms with Gasteiger partial charge < -0.3 is 56.0 Å². The van der Waals surface area contributed by atoms with E-state index in [4.69, 9.17) is 138 Å². The monoisotopic (exact) mass is 1840 g/mol. The van der Waals surface area contributed by atoms with Gasteiger partial charge in [0.25, 0.3) is 63.6 Å². The first-order valence-corrected chi connectivity index (χ1v) is 42.2. The number of hydrogen-bond acceptors (Lipinski definition) is 32. The third kappa shape index (κ3) is 18.1. The summed E-state index contributed by atoms with van der Waals surface area (Å²) in [5.74, 6) is -8.67. The minimum atomic E-state index is -4.84. The molecular formula is C72H60Cl4N8O24S8. The van der Waals surface area contributed by atoms with Crippen LogP contribution in [0.2, 0.25) is 25.7 Å². The molecule has 12 aromatic rings. The number of halogens is 4. The van der Waals surface area contributed by atoms with Crippen molar-refractivity contribution >= 4 is 179 Å². The molecule has 0 amide bonds. The fourth-order valence-electron chi connectivity index (χ4n) is 9.65. The van der Waals surface area contributed by atoms with Crippen LogP contribution in [0.1, 0.15) is 136 Å². The van der Waals surface area contributed by atoms with E-state index in [9.17, 15) is 52.8 Å². The number of ketones is 4. The van der Waals surface area contributed by atoms with Crippen LogP contribution in [0.3, 0.4) is 0 Å². The molecule has 0 bridgehead atoms. The molecule has 16 rings (SSSR count). The summed E-state index contributed by atoms with van der Waals surface area (Å²) in [6.07, 6.45) is -11.9. The van der Waals surface area contributed by atoms with Crippen LogP contribution in [0, 0.1) is 55.2 Å². The van der Waals surface area contributed by atoms with E-state index >= 15 is 0 Å². The van der Waals surface area contributed by atoms with E-state index in [-0.39, 0.29) is 126 Å². The fraction of sp³-hybridized carbons (Fsp3) is 0.222. The van der Waals surface area contributed by atoms with Gasteiger partial charge in [-0.25, -0.2) is 52.5 Å². The fourth-order valence-corrected chi connectivity index (χ4v) is 19.2. The Hall–Kier alpha value is -10.2. The second-order valence-electron chi connectivity index (χ2n) is 23.0. The van der Waals surface area contributed by atoms with E-state index in [1.54, 1.807) is 0 Å². The lowest BCUT2D eigenvalue weighted by Gasteiger charge is -2.09. The van der Waals surface area contributed by atoms with Crippen molar-refractivity contribution in [1.29, 1.82) is 0 Å². The van der Waals surface area contributed by atoms with Crippen LogP contribution >= 0.6 is 91.8 Å². The average Bonchev–Trinajstić information content (AvgIpc) is 1.52. The van der Waals surface area contributed by atoms with Gasteiger partial charge in [-0.15, -0.1) is 45.3 Å². The number of nitrogens with zero attached hydrogens (tertiary/aromatic N) is 4. The van der Waals surface area contributed by atoms with Crippen molar-refractivity contribution in [2.75, 3.05) is 45.9 Å². The van der Waals surface area contributed by atoms with E-state index < -0.39 is 226 Å². The van der Waals surface area contributed by atoms with Crippen LogP contribution in [0.15, 0.2) is 132 Å². The lowest BCUT2D eigenvalue weighted by atomic mass is 10.0. The molecule has 4 aromatic carbocycles. The number of fused-ring (bicyclic) bond motifs is 4. The zero-order valence-electron chi connectivity index (χ0n) is 84.2. The summed E-state index contributed by atoms with van der Waals surface area (Å²) in [5, 5.41) is 17.9. The number of Topliss-reactive ketones (excluding diaryl/α,β-unsaturated/α-hetero) is 4. The molecule has 608 valence electrons. The van der Waals surface area contributed by atoms with Crippen molar-refractivity contribution in [3.8, 4) is 46.0 Å². The van der Waals surface area contributed by atoms with Gasteiger partial charge in [-0.2, -0.15) is 0 Å². The molecule has 0 saturated carbocycles. The first kappa shape index (κ1) is 56.2. The van der Waals surface area contributed by atoms with E-state index in [0.717, 1.165) is 66.7 Å². The first-order chi connectivity index (χ1) is 65.3. The molecule has 0 spiro atoms. The third-order valence-corrected chi connectivity index (χ3v) is 26.4. The first-order valence-electron chi connectivity index (χ1n) is 44.3. The second kappa shape index (κ2) is 34.1. The van der Waals surface area contributed by atoms with Gasteiger partial charge in [0, 0.05) is 48.8 Å². The summed E-state index contributed by atoms with van der Waals surface area (Å²) in [5.41, 5.74) is -2.98. The van der Waals surface area contributed by atoms with Crippen molar-refractivity contribution in [3.05, 3.63) is 201 Å². The van der Waals surface area contributed by atoms with Gasteiger partial charge in [-0.05, 0) is 194 Å². The molecule has 8 aromatic heterocycles. The number of rotatable bonds is 24. The summed E-state index contributed by atoms with van der Waals surface area (Å²) in [6.45, 7) is -8.34. The van der Waals surface area contributed by atoms with Gasteiger partial charge in [0.05, 0.1) is 19.5 Å². The molecule has 12 heterocycles. The Morgan fingerprint density at radius 1 is 0.388 bits per heavy atom. The minimum Gasteiger partial charge on any atom is -0.454 e. The second-order valence-corrected chi connectivity index (χ2v) is 34.5. The quantitative estimate of drug-likeness (QED) is 0.0408. The molecular weight excluding hydrogens is 1760 g/mol. The Morgan fingerprint density at radius 3 is 0.888 bits per heavy atom. The number of anilines is 4. The highest BCUT2D eigenvalue weighted by Crippen LogP contribution is 2.42. The van der Waals surface area contributed by atoms with Crippen LogP contribution in [0.25, 0.3) is 0 Å². The predicted octanol–water partition coefficient (Wildman–Crippen LogP) is 15.8. The molecule has 4 aliphatic heterocycles. The van der Waals surface area contributed by atoms with Gasteiger partial charge >= 0.3 is 0 Å². The number of nitrogens with one attached hydrogen (secondary N) is 4. The summed E-state index contributed by atoms with van der Waals surface area (Å²) in [6, 6.07) is 12.2. The Morgan fingerprint density at radius 2 is 0.621 bits per heavy atom. The molecule has 4 N–H and O–H groups in total. The Bertz CT molecular complexity index is 7600. The smallest absolute Gasteiger partial charge is 0.265 e. The maximum Gasteiger partial charge on any atom is 0.265 e. The Kier molecular flexibility index (Phi) is 16.5. The van der Waals surface area contributed by atoms with Crippen molar-refractivity contribution in [3.63, 3.8) is 0 Å². The lowest BCUT2D eigenvalue weighted by molar-refractivity contribution is 0.0985. The highest BCUT2D eigenvalue weighted by molar-refractivity contribution is 7.94. The van der Waals surface area contributed by atoms with Gasteiger partial charge in [-0.3, -0.25) is 19.2 Å². The van der Waals surface area contributed by atoms with Crippen molar-refractivity contribution in [1.82, 2.24) is 20.6 Å². The van der Waals surface area contributed by atoms with Crippen LogP contribution in [-0.4, -0.2) is 104 Å². The van der Waals surface area contributed by atoms with Crippen molar-refractivity contribution in [2.45, 2.75) is 100 Å². The number of carbonyl (C=O) groups is 4. The molecule has 1 atom stereocenters. The van der Waals surface area contributed by atoms with Gasteiger partial charge in [0.1, 0.15) is 69.3 Å². The SMILES string of the molecule is [2H]C1Oc2cc(C([2H])([2H])[2H])c(C([2H])([2H])C(=O)c3sccc3S(=O)(=O)N([2H])c3onc(C)c3Cl)cc2O1.[2H]N(c1onc(C)c1Cl)S(=O)(=O)c1ccsc1C(=O)C([2H])([2H])c1cc2c(cc1C([2H])([2H])[2H])OC([2H])([2H])O2.[2H]N(c1onc(C)c1Cl)S(=O)(=O)c1ccsc1C(=O)C([2H])([2H])c1cc2c(cc1C([2H])([2H])[2H])OCO2.[2H]N(c1onc(C)c1Cl)S(=O)(=O)c1ccsc1C(=O)C([2H])([2H])c1cc2c(cc1C)OC([2H])([2H])O2. The molecule has 4 aliphatic rings. The molecule has 44 heteroatoms. The summed E-state index contributed by atoms with van der Waals surface area (Å²) < 4.78 is 372. The highest BCUT2D eigenvalue weighted by Gasteiger charge is 2.34. The van der Waals surface area contributed by atoms with Gasteiger partial charge in [0.2, 0.25) is 27.1 Å².